The van der Waals surface area contributed by atoms with Crippen molar-refractivity contribution in [3.8, 4) is 0 Å². The highest BCUT2D eigenvalue weighted by Gasteiger charge is 2.38. The van der Waals surface area contributed by atoms with E-state index in [1.165, 1.54) is 19.3 Å². The Hall–Kier alpha value is -1.09. The maximum Gasteiger partial charge on any atom is 0.125 e. The van der Waals surface area contributed by atoms with Gasteiger partial charge in [0, 0.05) is 24.8 Å². The van der Waals surface area contributed by atoms with Gasteiger partial charge in [-0.15, -0.1) is 0 Å². The van der Waals surface area contributed by atoms with Crippen molar-refractivity contribution in [3.63, 3.8) is 0 Å². The Balaban J connectivity index is 1.55. The molecule has 80 valence electrons. The zero-order valence-electron chi connectivity index (χ0n) is 8.82. The third-order valence-corrected chi connectivity index (χ3v) is 3.64. The molecular weight excluding hydrogens is 186 g/mol. The maximum atomic E-state index is 4.27. The average molecular weight is 203 g/mol. The van der Waals surface area contributed by atoms with Gasteiger partial charge in [0.2, 0.25) is 0 Å². The van der Waals surface area contributed by atoms with Crippen LogP contribution in [0, 0.1) is 5.92 Å². The Morgan fingerprint density at radius 2 is 2.40 bits per heavy atom. The minimum Gasteiger partial charge on any atom is -0.370 e. The second-order valence-corrected chi connectivity index (χ2v) is 4.64. The van der Waals surface area contributed by atoms with Crippen molar-refractivity contribution in [2.75, 3.05) is 11.9 Å². The van der Waals surface area contributed by atoms with E-state index in [0.717, 1.165) is 30.4 Å². The topological polar surface area (TPSA) is 37.0 Å². The van der Waals surface area contributed by atoms with Crippen molar-refractivity contribution in [1.82, 2.24) is 10.3 Å². The lowest BCUT2D eigenvalue weighted by Crippen LogP contribution is -2.27. The van der Waals surface area contributed by atoms with Gasteiger partial charge in [-0.05, 0) is 37.3 Å². The van der Waals surface area contributed by atoms with Gasteiger partial charge in [-0.1, -0.05) is 6.07 Å². The molecule has 3 heterocycles. The Morgan fingerprint density at radius 3 is 3.07 bits per heavy atom. The summed E-state index contributed by atoms with van der Waals surface area (Å²) in [5, 5.41) is 7.07. The number of hydrogen-bond donors (Lipinski definition) is 2. The molecule has 2 aliphatic rings. The SMILES string of the molecule is c1ccc(NCC2CC3CCC2N3)nc1. The summed E-state index contributed by atoms with van der Waals surface area (Å²) in [7, 11) is 0. The summed E-state index contributed by atoms with van der Waals surface area (Å²) in [5.41, 5.74) is 0. The molecule has 3 heteroatoms. The van der Waals surface area contributed by atoms with Crippen LogP contribution in [0.1, 0.15) is 19.3 Å². The first-order chi connectivity index (χ1) is 7.42. The number of nitrogens with zero attached hydrogens (tertiary/aromatic N) is 1. The fraction of sp³-hybridized carbons (Fsp3) is 0.583. The number of nitrogens with one attached hydrogen (secondary N) is 2. The van der Waals surface area contributed by atoms with Crippen LogP contribution in [-0.2, 0) is 0 Å². The van der Waals surface area contributed by atoms with Crippen molar-refractivity contribution >= 4 is 5.82 Å². The van der Waals surface area contributed by atoms with Crippen LogP contribution in [0.2, 0.25) is 0 Å². The van der Waals surface area contributed by atoms with Crippen LogP contribution in [0.3, 0.4) is 0 Å². The standard InChI is InChI=1S/C12H17N3/c1-2-6-13-12(3-1)14-8-9-7-10-4-5-11(9)15-10/h1-3,6,9-11,15H,4-5,7-8H2,(H,13,14). The normalized spacial score (nSPS) is 33.2. The van der Waals surface area contributed by atoms with Gasteiger partial charge in [-0.2, -0.15) is 0 Å². The number of aromatic nitrogens is 1. The first kappa shape index (κ1) is 9.16. The Labute approximate surface area is 90.3 Å². The van der Waals surface area contributed by atoms with E-state index in [4.69, 9.17) is 0 Å². The van der Waals surface area contributed by atoms with E-state index in [2.05, 4.69) is 15.6 Å². The second kappa shape index (κ2) is 3.81. The highest BCUT2D eigenvalue weighted by atomic mass is 15.1. The summed E-state index contributed by atoms with van der Waals surface area (Å²) < 4.78 is 0. The van der Waals surface area contributed by atoms with Gasteiger partial charge in [0.05, 0.1) is 0 Å². The second-order valence-electron chi connectivity index (χ2n) is 4.64. The molecule has 2 N–H and O–H groups in total. The summed E-state index contributed by atoms with van der Waals surface area (Å²) in [4.78, 5) is 4.27. The van der Waals surface area contributed by atoms with Crippen molar-refractivity contribution in [3.05, 3.63) is 24.4 Å². The summed E-state index contributed by atoms with van der Waals surface area (Å²) in [6, 6.07) is 7.55. The van der Waals surface area contributed by atoms with Gasteiger partial charge in [-0.25, -0.2) is 4.98 Å². The van der Waals surface area contributed by atoms with Gasteiger partial charge in [-0.3, -0.25) is 0 Å². The molecule has 0 aliphatic carbocycles. The number of anilines is 1. The van der Waals surface area contributed by atoms with Crippen LogP contribution in [0.4, 0.5) is 5.82 Å². The van der Waals surface area contributed by atoms with Crippen molar-refractivity contribution in [1.29, 1.82) is 0 Å². The number of pyridine rings is 1. The highest BCUT2D eigenvalue weighted by Crippen LogP contribution is 2.33. The molecule has 3 unspecified atom stereocenters. The molecule has 2 aliphatic heterocycles. The van der Waals surface area contributed by atoms with E-state index in [0.29, 0.717) is 0 Å². The molecule has 15 heavy (non-hydrogen) atoms. The van der Waals surface area contributed by atoms with Gasteiger partial charge in [0.15, 0.2) is 0 Å². The molecule has 3 nitrogen and oxygen atoms in total. The Morgan fingerprint density at radius 1 is 1.40 bits per heavy atom. The van der Waals surface area contributed by atoms with Crippen LogP contribution >= 0.6 is 0 Å². The van der Waals surface area contributed by atoms with E-state index in [9.17, 15) is 0 Å². The lowest BCUT2D eigenvalue weighted by atomic mass is 9.89. The number of rotatable bonds is 3. The number of hydrogen-bond acceptors (Lipinski definition) is 3. The molecule has 0 radical (unpaired) electrons. The van der Waals surface area contributed by atoms with Gasteiger partial charge in [0.1, 0.15) is 5.82 Å². The fourth-order valence-corrected chi connectivity index (χ4v) is 2.87. The molecule has 2 bridgehead atoms. The molecule has 0 amide bonds. The summed E-state index contributed by atoms with van der Waals surface area (Å²) in [6.45, 7) is 1.06. The van der Waals surface area contributed by atoms with Crippen LogP contribution in [0.25, 0.3) is 0 Å². The van der Waals surface area contributed by atoms with Crippen LogP contribution < -0.4 is 10.6 Å². The zero-order valence-corrected chi connectivity index (χ0v) is 8.82. The van der Waals surface area contributed by atoms with Crippen molar-refractivity contribution < 1.29 is 0 Å². The Kier molecular flexibility index (Phi) is 2.33. The fourth-order valence-electron chi connectivity index (χ4n) is 2.87. The first-order valence-corrected chi connectivity index (χ1v) is 5.83. The van der Waals surface area contributed by atoms with Crippen LogP contribution in [0.5, 0.6) is 0 Å². The Bertz CT molecular complexity index is 325. The average Bonchev–Trinajstić information content (AvgIpc) is 2.89. The molecule has 3 rings (SSSR count). The number of fused-ring (bicyclic) bond motifs is 2. The van der Waals surface area contributed by atoms with Crippen molar-refractivity contribution in [2.45, 2.75) is 31.3 Å². The minimum absolute atomic E-state index is 0.756. The largest absolute Gasteiger partial charge is 0.370 e. The predicted octanol–water partition coefficient (Wildman–Crippen LogP) is 1.63. The highest BCUT2D eigenvalue weighted by molar-refractivity contribution is 5.33. The van der Waals surface area contributed by atoms with E-state index >= 15 is 0 Å². The van der Waals surface area contributed by atoms with Crippen LogP contribution in [0.15, 0.2) is 24.4 Å². The molecule has 1 aromatic heterocycles. The van der Waals surface area contributed by atoms with Crippen molar-refractivity contribution in [2.24, 2.45) is 5.92 Å². The van der Waals surface area contributed by atoms with Gasteiger partial charge < -0.3 is 10.6 Å². The maximum absolute atomic E-state index is 4.27. The molecular formula is C12H17N3. The third-order valence-electron chi connectivity index (χ3n) is 3.64. The van der Waals surface area contributed by atoms with Gasteiger partial charge >= 0.3 is 0 Å². The molecule has 1 aromatic rings. The lowest BCUT2D eigenvalue weighted by Gasteiger charge is -2.20. The monoisotopic (exact) mass is 203 g/mol. The third kappa shape index (κ3) is 1.84. The van der Waals surface area contributed by atoms with E-state index in [1.807, 2.05) is 24.4 Å². The summed E-state index contributed by atoms with van der Waals surface area (Å²) in [6.07, 6.45) is 5.91. The molecule has 0 saturated carbocycles. The quantitative estimate of drug-likeness (QED) is 0.784. The smallest absolute Gasteiger partial charge is 0.125 e. The molecule has 3 atom stereocenters. The van der Waals surface area contributed by atoms with Crippen LogP contribution in [-0.4, -0.2) is 23.6 Å². The molecule has 0 spiro atoms. The van der Waals surface area contributed by atoms with Gasteiger partial charge in [0.25, 0.3) is 0 Å². The summed E-state index contributed by atoms with van der Waals surface area (Å²) >= 11 is 0. The zero-order chi connectivity index (χ0) is 10.1. The molecule has 2 fully saturated rings. The predicted molar refractivity (Wildman–Crippen MR) is 60.8 cm³/mol. The minimum atomic E-state index is 0.756. The van der Waals surface area contributed by atoms with E-state index in [1.54, 1.807) is 0 Å². The summed E-state index contributed by atoms with van der Waals surface area (Å²) in [5.74, 6) is 1.80. The first-order valence-electron chi connectivity index (χ1n) is 5.83. The molecule has 2 saturated heterocycles. The van der Waals surface area contributed by atoms with E-state index in [-0.39, 0.29) is 0 Å². The lowest BCUT2D eigenvalue weighted by molar-refractivity contribution is 0.424. The molecule has 0 aromatic carbocycles. The van der Waals surface area contributed by atoms with E-state index < -0.39 is 0 Å².